The van der Waals surface area contributed by atoms with Gasteiger partial charge in [0.2, 0.25) is 0 Å². The third kappa shape index (κ3) is 3.81. The van der Waals surface area contributed by atoms with Crippen LogP contribution in [0.25, 0.3) is 0 Å². The van der Waals surface area contributed by atoms with Crippen LogP contribution in [0.5, 0.6) is 0 Å². The Bertz CT molecular complexity index is 184. The van der Waals surface area contributed by atoms with Gasteiger partial charge < -0.3 is 10.2 Å². The van der Waals surface area contributed by atoms with Crippen LogP contribution in [0.2, 0.25) is 0 Å². The van der Waals surface area contributed by atoms with Crippen LogP contribution < -0.4 is 0 Å². The van der Waals surface area contributed by atoms with Crippen molar-refractivity contribution in [2.75, 3.05) is 0 Å². The molecule has 70 valence electrons. The van der Waals surface area contributed by atoms with Crippen molar-refractivity contribution in [2.45, 2.75) is 18.9 Å². The van der Waals surface area contributed by atoms with Gasteiger partial charge in [0, 0.05) is 11.8 Å². The molecular weight excluding hydrogens is 176 g/mol. The lowest BCUT2D eigenvalue weighted by molar-refractivity contribution is -0.202. The summed E-state index contributed by atoms with van der Waals surface area (Å²) >= 11 is 0. The highest BCUT2D eigenvalue weighted by molar-refractivity contribution is 5.74. The van der Waals surface area contributed by atoms with E-state index in [2.05, 4.69) is 0 Å². The van der Waals surface area contributed by atoms with Crippen molar-refractivity contribution in [1.29, 1.82) is 0 Å². The second kappa shape index (κ2) is 4.60. The van der Waals surface area contributed by atoms with Crippen LogP contribution in [-0.4, -0.2) is 33.5 Å². The van der Waals surface area contributed by atoms with Crippen LogP contribution in [0.3, 0.4) is 0 Å². The van der Waals surface area contributed by atoms with E-state index in [9.17, 15) is 18.6 Å². The number of hydrogen-bond acceptors (Lipinski definition) is 3. The lowest BCUT2D eigenvalue weighted by Crippen LogP contribution is -2.31. The average Bonchev–Trinajstić information content (AvgIpc) is 1.84. The van der Waals surface area contributed by atoms with Crippen molar-refractivity contribution in [3.63, 3.8) is 0 Å². The van der Waals surface area contributed by atoms with Gasteiger partial charge in [-0.1, -0.05) is 0 Å². The standard InChI is InChI=1S/C5H7F2NO4/c6-8(7)3(5(11)12)1-2-4(9)10/h3H,1-2H2,(H,9,10)(H,11,12)/t3-/m0/s1. The van der Waals surface area contributed by atoms with Crippen LogP contribution in [0, 0.1) is 0 Å². The molecule has 0 aromatic rings. The molecule has 0 heterocycles. The lowest BCUT2D eigenvalue weighted by atomic mass is 10.2. The fraction of sp³-hybridized carbons (Fsp3) is 0.600. The molecule has 12 heavy (non-hydrogen) atoms. The van der Waals surface area contributed by atoms with Crippen LogP contribution in [0.4, 0.5) is 8.96 Å². The van der Waals surface area contributed by atoms with Crippen LogP contribution in [0.1, 0.15) is 12.8 Å². The van der Waals surface area contributed by atoms with E-state index < -0.39 is 36.2 Å². The summed E-state index contributed by atoms with van der Waals surface area (Å²) in [5, 5.41) is 14.7. The van der Waals surface area contributed by atoms with E-state index in [0.29, 0.717) is 0 Å². The molecule has 0 amide bonds. The molecule has 0 aromatic carbocycles. The Morgan fingerprint density at radius 2 is 1.83 bits per heavy atom. The maximum Gasteiger partial charge on any atom is 0.326 e. The molecule has 7 heteroatoms. The highest BCUT2D eigenvalue weighted by Gasteiger charge is 2.26. The first-order chi connectivity index (χ1) is 5.45. The fourth-order valence-corrected chi connectivity index (χ4v) is 0.565. The van der Waals surface area contributed by atoms with Crippen molar-refractivity contribution in [2.24, 2.45) is 0 Å². The third-order valence-electron chi connectivity index (χ3n) is 1.15. The van der Waals surface area contributed by atoms with E-state index in [-0.39, 0.29) is 0 Å². The molecule has 0 aliphatic rings. The molecule has 5 nitrogen and oxygen atoms in total. The second-order valence-electron chi connectivity index (χ2n) is 2.05. The predicted octanol–water partition coefficient (Wildman–Crippen LogP) is 0.375. The molecular formula is C5H7F2NO4. The summed E-state index contributed by atoms with van der Waals surface area (Å²) in [5.41, 5.74) is 0. The Balaban J connectivity index is 3.97. The lowest BCUT2D eigenvalue weighted by Gasteiger charge is -2.09. The predicted molar refractivity (Wildman–Crippen MR) is 32.3 cm³/mol. The van der Waals surface area contributed by atoms with E-state index >= 15 is 0 Å². The molecule has 0 aliphatic heterocycles. The first kappa shape index (κ1) is 10.8. The number of carboxylic acid groups (broad SMARTS) is 2. The van der Waals surface area contributed by atoms with Crippen molar-refractivity contribution < 1.29 is 28.8 Å². The summed E-state index contributed by atoms with van der Waals surface area (Å²) in [6, 6.07) is -2.04. The number of rotatable bonds is 5. The molecule has 0 unspecified atom stereocenters. The van der Waals surface area contributed by atoms with Crippen LogP contribution in [0.15, 0.2) is 0 Å². The van der Waals surface area contributed by atoms with Gasteiger partial charge in [0.15, 0.2) is 6.04 Å². The highest BCUT2D eigenvalue weighted by atomic mass is 19.4. The van der Waals surface area contributed by atoms with Gasteiger partial charge in [-0.2, -0.15) is 0 Å². The summed E-state index contributed by atoms with van der Waals surface area (Å²) in [5.74, 6) is -3.04. The Morgan fingerprint density at radius 3 is 2.08 bits per heavy atom. The topological polar surface area (TPSA) is 77.8 Å². The molecule has 0 aromatic heterocycles. The third-order valence-corrected chi connectivity index (χ3v) is 1.15. The largest absolute Gasteiger partial charge is 0.481 e. The summed E-state index contributed by atoms with van der Waals surface area (Å²) < 4.78 is 23.3. The van der Waals surface area contributed by atoms with Gasteiger partial charge in [-0.25, -0.2) is 0 Å². The van der Waals surface area contributed by atoms with Gasteiger partial charge in [-0.3, -0.25) is 9.59 Å². The van der Waals surface area contributed by atoms with Crippen molar-refractivity contribution in [1.82, 2.24) is 5.34 Å². The molecule has 0 rings (SSSR count). The van der Waals surface area contributed by atoms with Gasteiger partial charge in [0.05, 0.1) is 0 Å². The fourth-order valence-electron chi connectivity index (χ4n) is 0.565. The molecule has 0 bridgehead atoms. The quantitative estimate of drug-likeness (QED) is 0.602. The maximum absolute atomic E-state index is 11.7. The summed E-state index contributed by atoms with van der Waals surface area (Å²) in [7, 11) is 0. The molecule has 0 spiro atoms. The van der Waals surface area contributed by atoms with Crippen molar-refractivity contribution >= 4 is 11.9 Å². The van der Waals surface area contributed by atoms with Crippen molar-refractivity contribution in [3.8, 4) is 0 Å². The van der Waals surface area contributed by atoms with E-state index in [0.717, 1.165) is 0 Å². The zero-order valence-electron chi connectivity index (χ0n) is 5.91. The Kier molecular flexibility index (Phi) is 4.12. The molecule has 0 saturated carbocycles. The highest BCUT2D eigenvalue weighted by Crippen LogP contribution is 2.08. The molecule has 2 N–H and O–H groups in total. The van der Waals surface area contributed by atoms with Gasteiger partial charge in [0.1, 0.15) is 0 Å². The van der Waals surface area contributed by atoms with Crippen molar-refractivity contribution in [3.05, 3.63) is 0 Å². The number of halogens is 2. The smallest absolute Gasteiger partial charge is 0.326 e. The molecule has 0 saturated heterocycles. The summed E-state index contributed by atoms with van der Waals surface area (Å²) in [6.07, 6.45) is -1.21. The second-order valence-corrected chi connectivity index (χ2v) is 2.05. The number of nitrogens with zero attached hydrogens (tertiary/aromatic N) is 1. The van der Waals surface area contributed by atoms with Gasteiger partial charge in [-0.05, 0) is 6.42 Å². The maximum atomic E-state index is 11.7. The van der Waals surface area contributed by atoms with E-state index in [4.69, 9.17) is 10.2 Å². The number of carboxylic acids is 2. The molecule has 0 aliphatic carbocycles. The van der Waals surface area contributed by atoms with Crippen LogP contribution >= 0.6 is 0 Å². The zero-order valence-corrected chi connectivity index (χ0v) is 5.91. The van der Waals surface area contributed by atoms with E-state index in [1.54, 1.807) is 0 Å². The molecule has 1 atom stereocenters. The minimum atomic E-state index is -2.04. The Labute approximate surface area is 66.1 Å². The van der Waals surface area contributed by atoms with Crippen LogP contribution in [-0.2, 0) is 9.59 Å². The Morgan fingerprint density at radius 1 is 1.33 bits per heavy atom. The normalized spacial score (nSPS) is 12.9. The summed E-state index contributed by atoms with van der Waals surface area (Å²) in [4.78, 5) is 19.9. The number of hydrogen-bond donors (Lipinski definition) is 2. The Hall–Kier alpha value is -1.24. The molecule has 0 fully saturated rings. The van der Waals surface area contributed by atoms with Gasteiger partial charge in [0.25, 0.3) is 0 Å². The van der Waals surface area contributed by atoms with Gasteiger partial charge >= 0.3 is 11.9 Å². The molecule has 0 radical (unpaired) electrons. The van der Waals surface area contributed by atoms with E-state index in [1.165, 1.54) is 0 Å². The minimum absolute atomic E-state index is 0.596. The van der Waals surface area contributed by atoms with Gasteiger partial charge in [-0.15, -0.1) is 8.96 Å². The average molecular weight is 183 g/mol. The minimum Gasteiger partial charge on any atom is -0.481 e. The summed E-state index contributed by atoms with van der Waals surface area (Å²) in [6.45, 7) is 0. The monoisotopic (exact) mass is 183 g/mol. The number of carbonyl (C=O) groups is 2. The zero-order chi connectivity index (χ0) is 9.72. The first-order valence-electron chi connectivity index (χ1n) is 3.00. The SMILES string of the molecule is O=C(O)CC[C@@H](C(=O)O)N(F)F. The number of aliphatic carboxylic acids is 2. The van der Waals surface area contributed by atoms with E-state index in [1.807, 2.05) is 0 Å². The first-order valence-corrected chi connectivity index (χ1v) is 3.00.